The molecule has 0 amide bonds. The van der Waals surface area contributed by atoms with Crippen LogP contribution in [0.3, 0.4) is 0 Å². The van der Waals surface area contributed by atoms with Crippen molar-refractivity contribution >= 4 is 5.97 Å². The molecule has 17 heavy (non-hydrogen) atoms. The summed E-state index contributed by atoms with van der Waals surface area (Å²) in [6.45, 7) is 0. The molecule has 0 spiro atoms. The van der Waals surface area contributed by atoms with Crippen molar-refractivity contribution < 1.29 is 9.90 Å². The number of fused-ring (bicyclic) bond motifs is 1. The number of carboxylic acid groups (broad SMARTS) is 1. The van der Waals surface area contributed by atoms with E-state index in [1.807, 2.05) is 12.1 Å². The normalized spacial score (nSPS) is 23.1. The summed E-state index contributed by atoms with van der Waals surface area (Å²) in [5.41, 5.74) is 8.70. The minimum absolute atomic E-state index is 0.209. The number of benzene rings is 1. The minimum atomic E-state index is -0.738. The molecule has 0 heterocycles. The molecular weight excluding hydrogens is 214 g/mol. The Morgan fingerprint density at radius 1 is 1.41 bits per heavy atom. The van der Waals surface area contributed by atoms with Crippen molar-refractivity contribution in [1.82, 2.24) is 0 Å². The first kappa shape index (κ1) is 12.1. The van der Waals surface area contributed by atoms with Crippen molar-refractivity contribution in [3.8, 4) is 0 Å². The molecule has 1 aromatic carbocycles. The molecule has 1 atom stereocenters. The van der Waals surface area contributed by atoms with Crippen molar-refractivity contribution in [3.05, 3.63) is 35.4 Å². The van der Waals surface area contributed by atoms with E-state index in [0.29, 0.717) is 6.42 Å². The van der Waals surface area contributed by atoms with Gasteiger partial charge >= 0.3 is 5.97 Å². The maximum absolute atomic E-state index is 10.6. The van der Waals surface area contributed by atoms with Crippen LogP contribution in [0.1, 0.15) is 43.2 Å². The van der Waals surface area contributed by atoms with Crippen LogP contribution in [-0.4, -0.2) is 11.1 Å². The van der Waals surface area contributed by atoms with Gasteiger partial charge in [0.25, 0.3) is 0 Å². The molecule has 0 bridgehead atoms. The molecule has 1 aliphatic carbocycles. The molecular formula is C14H19NO2. The van der Waals surface area contributed by atoms with Gasteiger partial charge in [-0.15, -0.1) is 0 Å². The predicted octanol–water partition coefficient (Wildman–Crippen LogP) is 2.43. The first-order valence-corrected chi connectivity index (χ1v) is 6.21. The number of carboxylic acids is 1. The largest absolute Gasteiger partial charge is 0.481 e. The van der Waals surface area contributed by atoms with Crippen molar-refractivity contribution in [2.75, 3.05) is 0 Å². The van der Waals surface area contributed by atoms with Gasteiger partial charge in [-0.3, -0.25) is 4.79 Å². The van der Waals surface area contributed by atoms with Gasteiger partial charge < -0.3 is 10.8 Å². The van der Waals surface area contributed by atoms with Crippen LogP contribution in [0, 0.1) is 0 Å². The summed E-state index contributed by atoms with van der Waals surface area (Å²) in [5.74, 6) is -0.738. The summed E-state index contributed by atoms with van der Waals surface area (Å²) < 4.78 is 0. The second-order valence-corrected chi connectivity index (χ2v) is 4.91. The van der Waals surface area contributed by atoms with E-state index in [4.69, 9.17) is 10.8 Å². The first-order chi connectivity index (χ1) is 8.12. The van der Waals surface area contributed by atoms with E-state index in [1.165, 1.54) is 11.1 Å². The molecule has 1 aromatic rings. The van der Waals surface area contributed by atoms with E-state index in [2.05, 4.69) is 12.1 Å². The van der Waals surface area contributed by atoms with Gasteiger partial charge in [0.05, 0.1) is 0 Å². The van der Waals surface area contributed by atoms with Crippen LogP contribution >= 0.6 is 0 Å². The number of aryl methyl sites for hydroxylation is 1. The highest BCUT2D eigenvalue weighted by atomic mass is 16.4. The second-order valence-electron chi connectivity index (χ2n) is 4.91. The number of carbonyl (C=O) groups is 1. The van der Waals surface area contributed by atoms with E-state index in [1.54, 1.807) is 0 Å². The average molecular weight is 233 g/mol. The minimum Gasteiger partial charge on any atom is -0.481 e. The number of hydrogen-bond acceptors (Lipinski definition) is 2. The van der Waals surface area contributed by atoms with Crippen LogP contribution in [0.15, 0.2) is 24.3 Å². The predicted molar refractivity (Wildman–Crippen MR) is 66.7 cm³/mol. The zero-order valence-electron chi connectivity index (χ0n) is 9.98. The summed E-state index contributed by atoms with van der Waals surface area (Å²) in [5, 5.41) is 8.68. The van der Waals surface area contributed by atoms with E-state index in [0.717, 1.165) is 25.7 Å². The highest BCUT2D eigenvalue weighted by molar-refractivity contribution is 5.66. The van der Waals surface area contributed by atoms with E-state index < -0.39 is 5.97 Å². The molecule has 1 aliphatic rings. The summed E-state index contributed by atoms with van der Waals surface area (Å²) in [4.78, 5) is 10.6. The number of aliphatic carboxylic acids is 1. The summed E-state index contributed by atoms with van der Waals surface area (Å²) in [6.07, 6.45) is 4.77. The lowest BCUT2D eigenvalue weighted by atomic mass is 9.74. The van der Waals surface area contributed by atoms with Crippen LogP contribution in [0.5, 0.6) is 0 Å². The lowest BCUT2D eigenvalue weighted by Crippen LogP contribution is -2.40. The quantitative estimate of drug-likeness (QED) is 0.839. The third-order valence-corrected chi connectivity index (χ3v) is 3.64. The Balaban J connectivity index is 2.12. The molecule has 3 heteroatoms. The molecule has 0 aliphatic heterocycles. The van der Waals surface area contributed by atoms with Gasteiger partial charge in [0.2, 0.25) is 0 Å². The molecule has 0 aromatic heterocycles. The van der Waals surface area contributed by atoms with Crippen molar-refractivity contribution in [2.45, 2.75) is 44.1 Å². The third-order valence-electron chi connectivity index (χ3n) is 3.64. The lowest BCUT2D eigenvalue weighted by molar-refractivity contribution is -0.137. The second kappa shape index (κ2) is 4.88. The van der Waals surface area contributed by atoms with Gasteiger partial charge in [-0.1, -0.05) is 24.3 Å². The molecule has 2 rings (SSSR count). The van der Waals surface area contributed by atoms with Crippen LogP contribution in [-0.2, 0) is 16.8 Å². The third kappa shape index (κ3) is 2.67. The molecule has 3 N–H and O–H groups in total. The SMILES string of the molecule is NC1(CCCC(=O)O)CCCc2ccccc21. The van der Waals surface area contributed by atoms with Crippen molar-refractivity contribution in [2.24, 2.45) is 5.73 Å². The van der Waals surface area contributed by atoms with Gasteiger partial charge in [0.15, 0.2) is 0 Å². The Bertz CT molecular complexity index is 416. The molecule has 0 saturated heterocycles. The summed E-state index contributed by atoms with van der Waals surface area (Å²) in [6, 6.07) is 8.29. The van der Waals surface area contributed by atoms with Crippen LogP contribution in [0.25, 0.3) is 0 Å². The number of rotatable bonds is 4. The zero-order valence-corrected chi connectivity index (χ0v) is 9.98. The molecule has 3 nitrogen and oxygen atoms in total. The molecule has 0 radical (unpaired) electrons. The smallest absolute Gasteiger partial charge is 0.303 e. The van der Waals surface area contributed by atoms with Crippen LogP contribution in [0.4, 0.5) is 0 Å². The topological polar surface area (TPSA) is 63.3 Å². The lowest BCUT2D eigenvalue weighted by Gasteiger charge is -2.36. The van der Waals surface area contributed by atoms with Gasteiger partial charge in [0.1, 0.15) is 0 Å². The molecule has 1 unspecified atom stereocenters. The van der Waals surface area contributed by atoms with Crippen LogP contribution < -0.4 is 5.73 Å². The Hall–Kier alpha value is -1.35. The molecule has 0 fully saturated rings. The number of hydrogen-bond donors (Lipinski definition) is 2. The van der Waals surface area contributed by atoms with Gasteiger partial charge in [0, 0.05) is 12.0 Å². The monoisotopic (exact) mass is 233 g/mol. The number of nitrogens with two attached hydrogens (primary N) is 1. The van der Waals surface area contributed by atoms with Gasteiger partial charge in [-0.05, 0) is 43.2 Å². The van der Waals surface area contributed by atoms with E-state index >= 15 is 0 Å². The highest BCUT2D eigenvalue weighted by Gasteiger charge is 2.31. The average Bonchev–Trinajstić information content (AvgIpc) is 2.29. The van der Waals surface area contributed by atoms with Crippen LogP contribution in [0.2, 0.25) is 0 Å². The maximum atomic E-state index is 10.6. The van der Waals surface area contributed by atoms with Crippen molar-refractivity contribution in [3.63, 3.8) is 0 Å². The summed E-state index contributed by atoms with van der Waals surface area (Å²) in [7, 11) is 0. The Kier molecular flexibility index (Phi) is 3.48. The Labute approximate surface area is 102 Å². The fourth-order valence-electron chi connectivity index (χ4n) is 2.77. The fourth-order valence-corrected chi connectivity index (χ4v) is 2.77. The highest BCUT2D eigenvalue weighted by Crippen LogP contribution is 2.36. The van der Waals surface area contributed by atoms with Gasteiger partial charge in [-0.2, -0.15) is 0 Å². The standard InChI is InChI=1S/C14H19NO2/c15-14(10-4-8-13(16)17)9-3-6-11-5-1-2-7-12(11)14/h1-2,5,7H,3-4,6,8-10,15H2,(H,16,17). The zero-order chi connectivity index (χ0) is 12.3. The Morgan fingerprint density at radius 2 is 2.18 bits per heavy atom. The molecule has 92 valence electrons. The maximum Gasteiger partial charge on any atom is 0.303 e. The Morgan fingerprint density at radius 3 is 2.94 bits per heavy atom. The first-order valence-electron chi connectivity index (χ1n) is 6.21. The van der Waals surface area contributed by atoms with E-state index in [9.17, 15) is 4.79 Å². The van der Waals surface area contributed by atoms with Gasteiger partial charge in [-0.25, -0.2) is 0 Å². The van der Waals surface area contributed by atoms with Crippen molar-refractivity contribution in [1.29, 1.82) is 0 Å². The fraction of sp³-hybridized carbons (Fsp3) is 0.500. The van der Waals surface area contributed by atoms with E-state index in [-0.39, 0.29) is 12.0 Å². The summed E-state index contributed by atoms with van der Waals surface area (Å²) >= 11 is 0. The molecule has 0 saturated carbocycles.